The zero-order valence-corrected chi connectivity index (χ0v) is 23.8. The lowest BCUT2D eigenvalue weighted by molar-refractivity contribution is -0.132. The third kappa shape index (κ3) is 4.78. The second-order valence-corrected chi connectivity index (χ2v) is 10.4. The van der Waals surface area contributed by atoms with Gasteiger partial charge >= 0.3 is 11.9 Å². The molecule has 1 saturated heterocycles. The number of benzene rings is 1. The molecule has 1 aromatic carbocycles. The van der Waals surface area contributed by atoms with E-state index in [2.05, 4.69) is 16.5 Å². The molecule has 5 rings (SSSR count). The maximum Gasteiger partial charge on any atom is 0.350 e. The van der Waals surface area contributed by atoms with Crippen molar-refractivity contribution in [3.05, 3.63) is 93.9 Å². The van der Waals surface area contributed by atoms with Crippen LogP contribution < -0.4 is 9.64 Å². The summed E-state index contributed by atoms with van der Waals surface area (Å²) in [5.41, 5.74) is 3.05. The molecule has 41 heavy (non-hydrogen) atoms. The average Bonchev–Trinajstić information content (AvgIpc) is 3.59. The molecule has 0 saturated carbocycles. The van der Waals surface area contributed by atoms with E-state index in [9.17, 15) is 19.5 Å². The van der Waals surface area contributed by atoms with Gasteiger partial charge in [0.2, 0.25) is 0 Å². The van der Waals surface area contributed by atoms with Gasteiger partial charge < -0.3 is 19.0 Å². The predicted octanol–water partition coefficient (Wildman–Crippen LogP) is 5.08. The summed E-state index contributed by atoms with van der Waals surface area (Å²) >= 11 is 0.934. The second kappa shape index (κ2) is 11.0. The minimum absolute atomic E-state index is 0.0139. The van der Waals surface area contributed by atoms with Gasteiger partial charge in [-0.15, -0.1) is 0 Å². The first-order valence-corrected chi connectivity index (χ1v) is 13.7. The molecule has 10 nitrogen and oxygen atoms in total. The van der Waals surface area contributed by atoms with Crippen molar-refractivity contribution in [2.75, 3.05) is 18.1 Å². The number of carbonyl (C=O) groups excluding carboxylic acids is 3. The summed E-state index contributed by atoms with van der Waals surface area (Å²) in [4.78, 5) is 50.3. The van der Waals surface area contributed by atoms with Crippen molar-refractivity contribution in [1.82, 2.24) is 14.4 Å². The highest BCUT2D eigenvalue weighted by molar-refractivity contribution is 7.17. The van der Waals surface area contributed by atoms with E-state index in [1.807, 2.05) is 36.6 Å². The van der Waals surface area contributed by atoms with Gasteiger partial charge in [-0.3, -0.25) is 14.5 Å². The highest BCUT2D eigenvalue weighted by Crippen LogP contribution is 2.44. The van der Waals surface area contributed by atoms with Crippen molar-refractivity contribution < 1.29 is 29.0 Å². The Kier molecular flexibility index (Phi) is 7.46. The lowest BCUT2D eigenvalue weighted by Gasteiger charge is -2.23. The molecule has 1 atom stereocenters. The van der Waals surface area contributed by atoms with E-state index in [4.69, 9.17) is 9.47 Å². The van der Waals surface area contributed by atoms with E-state index < -0.39 is 29.5 Å². The molecule has 11 heteroatoms. The Hall–Kier alpha value is -4.77. The van der Waals surface area contributed by atoms with E-state index >= 15 is 0 Å². The lowest BCUT2D eigenvalue weighted by atomic mass is 9.96. The molecular weight excluding hydrogens is 544 g/mol. The van der Waals surface area contributed by atoms with Crippen LogP contribution in [0.3, 0.4) is 0 Å². The number of esters is 1. The zero-order chi connectivity index (χ0) is 29.4. The summed E-state index contributed by atoms with van der Waals surface area (Å²) in [5, 5.41) is 11.8. The number of hydrogen-bond donors (Lipinski definition) is 1. The van der Waals surface area contributed by atoms with Crippen LogP contribution in [0, 0.1) is 20.8 Å². The van der Waals surface area contributed by atoms with Crippen molar-refractivity contribution in [3.63, 3.8) is 0 Å². The molecule has 0 spiro atoms. The monoisotopic (exact) mass is 572 g/mol. The van der Waals surface area contributed by atoms with Crippen molar-refractivity contribution in [2.45, 2.75) is 33.7 Å². The number of aliphatic hydroxyl groups excluding tert-OH is 1. The highest BCUT2D eigenvalue weighted by atomic mass is 32.1. The molecule has 4 heterocycles. The number of aliphatic hydroxyl groups is 1. The van der Waals surface area contributed by atoms with Gasteiger partial charge in [-0.25, -0.2) is 14.8 Å². The minimum Gasteiger partial charge on any atom is -0.505 e. The number of amides is 1. The number of aromatic nitrogens is 3. The van der Waals surface area contributed by atoms with Crippen molar-refractivity contribution in [2.24, 2.45) is 0 Å². The van der Waals surface area contributed by atoms with Gasteiger partial charge in [-0.1, -0.05) is 42.2 Å². The summed E-state index contributed by atoms with van der Waals surface area (Å²) < 4.78 is 12.6. The zero-order valence-electron chi connectivity index (χ0n) is 23.0. The van der Waals surface area contributed by atoms with Crippen LogP contribution >= 0.6 is 11.3 Å². The van der Waals surface area contributed by atoms with Crippen LogP contribution in [-0.2, 0) is 14.3 Å². The molecule has 1 amide bonds. The number of aryl methyl sites for hydroxylation is 3. The number of ketones is 1. The Bertz CT molecular complexity index is 1730. The van der Waals surface area contributed by atoms with Gasteiger partial charge in [0.1, 0.15) is 28.6 Å². The number of fused-ring (bicyclic) bond motifs is 1. The molecule has 1 aliphatic heterocycles. The van der Waals surface area contributed by atoms with E-state index in [-0.39, 0.29) is 27.9 Å². The number of rotatable bonds is 8. The minimum atomic E-state index is -1.04. The molecule has 0 aliphatic carbocycles. The smallest absolute Gasteiger partial charge is 0.350 e. The number of ether oxygens (including phenoxy) is 2. The Labute approximate surface area is 240 Å². The normalized spacial score (nSPS) is 16.4. The van der Waals surface area contributed by atoms with Gasteiger partial charge in [0, 0.05) is 6.20 Å². The SMILES string of the molecule is C=CCOC(=O)c1sc(N2C(=O)C(=O)C(=C(O)c3nc4c(C)cccn4c3C)C2c2ccc(OCC)cc2)nc1C. The largest absolute Gasteiger partial charge is 0.505 e. The van der Waals surface area contributed by atoms with Gasteiger partial charge in [-0.05, 0) is 57.0 Å². The maximum atomic E-state index is 13.6. The fourth-order valence-electron chi connectivity index (χ4n) is 4.81. The molecule has 0 radical (unpaired) electrons. The number of thiazole rings is 1. The number of pyridine rings is 1. The van der Waals surface area contributed by atoms with Crippen LogP contribution in [0.1, 0.15) is 50.8 Å². The molecule has 0 bridgehead atoms. The van der Waals surface area contributed by atoms with Crippen LogP contribution in [0.5, 0.6) is 5.75 Å². The summed E-state index contributed by atoms with van der Waals surface area (Å²) in [5.74, 6) is -2.18. The van der Waals surface area contributed by atoms with Crippen LogP contribution in [-0.4, -0.2) is 50.3 Å². The summed E-state index contributed by atoms with van der Waals surface area (Å²) in [7, 11) is 0. The molecule has 1 fully saturated rings. The summed E-state index contributed by atoms with van der Waals surface area (Å²) in [6.45, 7) is 11.2. The van der Waals surface area contributed by atoms with Crippen LogP contribution in [0.2, 0.25) is 0 Å². The van der Waals surface area contributed by atoms with Crippen LogP contribution in [0.15, 0.2) is 60.8 Å². The van der Waals surface area contributed by atoms with Gasteiger partial charge in [-0.2, -0.15) is 0 Å². The molecule has 1 unspecified atom stereocenters. The number of hydrogen-bond acceptors (Lipinski definition) is 9. The van der Waals surface area contributed by atoms with E-state index in [1.165, 1.54) is 11.0 Å². The fraction of sp³-hybridized carbons (Fsp3) is 0.233. The number of anilines is 1. The molecule has 3 aromatic heterocycles. The predicted molar refractivity (Wildman–Crippen MR) is 154 cm³/mol. The molecule has 4 aromatic rings. The Morgan fingerprint density at radius 1 is 1.15 bits per heavy atom. The standard InChI is InChI=1S/C30H28N4O6S/c1-6-15-40-29(38)26-17(4)31-30(41-26)34-23(19-10-12-20(13-11-19)39-7-2)21(25(36)28(34)37)24(35)22-18(5)33-14-8-9-16(3)27(33)32-22/h6,8-14,23,35H,1,7,15H2,2-5H3. The quantitative estimate of drug-likeness (QED) is 0.102. The van der Waals surface area contributed by atoms with Crippen molar-refractivity contribution in [1.29, 1.82) is 0 Å². The van der Waals surface area contributed by atoms with Gasteiger partial charge in [0.25, 0.3) is 5.78 Å². The molecule has 1 N–H and O–H groups in total. The third-order valence-corrected chi connectivity index (χ3v) is 7.91. The first-order valence-electron chi connectivity index (χ1n) is 12.9. The molecule has 210 valence electrons. The third-order valence-electron chi connectivity index (χ3n) is 6.77. The Morgan fingerprint density at radius 3 is 2.54 bits per heavy atom. The van der Waals surface area contributed by atoms with Crippen LogP contribution in [0.25, 0.3) is 11.4 Å². The summed E-state index contributed by atoms with van der Waals surface area (Å²) in [6, 6.07) is 9.62. The Morgan fingerprint density at radius 2 is 1.88 bits per heavy atom. The van der Waals surface area contributed by atoms with Crippen LogP contribution in [0.4, 0.5) is 5.13 Å². The van der Waals surface area contributed by atoms with Crippen molar-refractivity contribution in [3.8, 4) is 5.75 Å². The topological polar surface area (TPSA) is 123 Å². The van der Waals surface area contributed by atoms with E-state index in [0.29, 0.717) is 35.0 Å². The average molecular weight is 573 g/mol. The number of Topliss-reactive ketones (excluding diaryl/α,β-unsaturated/α-hetero) is 1. The highest BCUT2D eigenvalue weighted by Gasteiger charge is 2.49. The first-order chi connectivity index (χ1) is 19.7. The van der Waals surface area contributed by atoms with Crippen molar-refractivity contribution >= 4 is 45.5 Å². The summed E-state index contributed by atoms with van der Waals surface area (Å²) in [6.07, 6.45) is 3.26. The number of nitrogens with zero attached hydrogens (tertiary/aromatic N) is 4. The van der Waals surface area contributed by atoms with Gasteiger partial charge in [0.15, 0.2) is 10.9 Å². The fourth-order valence-corrected chi connectivity index (χ4v) is 5.79. The number of imidazole rings is 1. The Balaban J connectivity index is 1.70. The van der Waals surface area contributed by atoms with E-state index in [1.54, 1.807) is 38.1 Å². The molecular formula is C30H28N4O6S. The molecule has 1 aliphatic rings. The van der Waals surface area contributed by atoms with E-state index in [0.717, 1.165) is 16.9 Å². The lowest BCUT2D eigenvalue weighted by Crippen LogP contribution is -2.29. The first kappa shape index (κ1) is 27.8. The number of carbonyl (C=O) groups is 3. The van der Waals surface area contributed by atoms with Gasteiger partial charge in [0.05, 0.1) is 29.6 Å². The second-order valence-electron chi connectivity index (χ2n) is 9.40. The maximum absolute atomic E-state index is 13.6.